The number of aromatic nitrogens is 1. The molecule has 29 heavy (non-hydrogen) atoms. The molecular formula is C21H19Cl2N3O3. The van der Waals surface area contributed by atoms with Crippen molar-refractivity contribution in [2.45, 2.75) is 20.0 Å². The van der Waals surface area contributed by atoms with E-state index in [2.05, 4.69) is 20.3 Å². The second-order valence-electron chi connectivity index (χ2n) is 6.26. The van der Waals surface area contributed by atoms with Crippen LogP contribution < -0.4 is 10.1 Å². The van der Waals surface area contributed by atoms with Crippen LogP contribution >= 0.6 is 23.2 Å². The summed E-state index contributed by atoms with van der Waals surface area (Å²) in [4.78, 5) is 21.0. The summed E-state index contributed by atoms with van der Waals surface area (Å²) >= 11 is 12.8. The van der Waals surface area contributed by atoms with Crippen LogP contribution in [0.3, 0.4) is 0 Å². The van der Waals surface area contributed by atoms with Gasteiger partial charge >= 0.3 is 0 Å². The van der Waals surface area contributed by atoms with Crippen LogP contribution in [0.4, 0.5) is 5.69 Å². The van der Waals surface area contributed by atoms with Crippen molar-refractivity contribution in [3.63, 3.8) is 0 Å². The average Bonchev–Trinajstić information content (AvgIpc) is 2.70. The minimum Gasteiger partial charge on any atom is -0.488 e. The summed E-state index contributed by atoms with van der Waals surface area (Å²) in [5.41, 5.74) is 1.58. The molecular weight excluding hydrogens is 413 g/mol. The summed E-state index contributed by atoms with van der Waals surface area (Å²) in [5, 5.41) is 9.18. The molecule has 0 spiro atoms. The smallest absolute Gasteiger partial charge is 0.230 e. The zero-order valence-electron chi connectivity index (χ0n) is 15.9. The average molecular weight is 432 g/mol. The first-order valence-electron chi connectivity index (χ1n) is 8.78. The highest BCUT2D eigenvalue weighted by Gasteiger charge is 2.15. The van der Waals surface area contributed by atoms with Gasteiger partial charge in [-0.3, -0.25) is 9.78 Å². The van der Waals surface area contributed by atoms with E-state index >= 15 is 0 Å². The van der Waals surface area contributed by atoms with Crippen LogP contribution in [0.15, 0.2) is 53.9 Å². The first-order valence-corrected chi connectivity index (χ1v) is 9.54. The quantitative estimate of drug-likeness (QED) is 0.397. The highest BCUT2D eigenvalue weighted by atomic mass is 35.5. The van der Waals surface area contributed by atoms with Crippen molar-refractivity contribution in [2.24, 2.45) is 5.16 Å². The Morgan fingerprint density at radius 1 is 1.21 bits per heavy atom. The van der Waals surface area contributed by atoms with Crippen molar-refractivity contribution in [3.8, 4) is 5.75 Å². The number of ether oxygens (including phenoxy) is 1. The number of hydrogen-bond acceptors (Lipinski definition) is 5. The number of pyridine rings is 1. The Morgan fingerprint density at radius 2 is 2.03 bits per heavy atom. The number of hydrogen-bond donors (Lipinski definition) is 1. The molecule has 0 aliphatic carbocycles. The van der Waals surface area contributed by atoms with E-state index in [1.165, 1.54) is 7.11 Å². The van der Waals surface area contributed by atoms with E-state index < -0.39 is 0 Å². The Hall–Kier alpha value is -2.83. The maximum absolute atomic E-state index is 12.2. The Bertz CT molecular complexity index is 1060. The normalized spacial score (nSPS) is 11.4. The van der Waals surface area contributed by atoms with Gasteiger partial charge in [0.05, 0.1) is 22.8 Å². The number of amides is 1. The Labute approximate surface area is 178 Å². The highest BCUT2D eigenvalue weighted by molar-refractivity contribution is 6.38. The second kappa shape index (κ2) is 9.58. The summed E-state index contributed by atoms with van der Waals surface area (Å²) in [6.07, 6.45) is 3.57. The van der Waals surface area contributed by atoms with Crippen molar-refractivity contribution >= 4 is 51.3 Å². The minimum atomic E-state index is -0.263. The van der Waals surface area contributed by atoms with E-state index in [1.54, 1.807) is 31.5 Å². The molecule has 1 N–H and O–H groups in total. The van der Waals surface area contributed by atoms with Crippen LogP contribution in [0.5, 0.6) is 5.75 Å². The molecule has 3 aromatic rings. The molecule has 1 heterocycles. The van der Waals surface area contributed by atoms with E-state index in [-0.39, 0.29) is 18.9 Å². The van der Waals surface area contributed by atoms with Gasteiger partial charge in [-0.1, -0.05) is 40.5 Å². The summed E-state index contributed by atoms with van der Waals surface area (Å²) in [5.74, 6) is 0.429. The van der Waals surface area contributed by atoms with Gasteiger partial charge in [-0.05, 0) is 31.2 Å². The van der Waals surface area contributed by atoms with Crippen molar-refractivity contribution < 1.29 is 14.4 Å². The molecule has 1 amide bonds. The predicted molar refractivity (Wildman–Crippen MR) is 116 cm³/mol. The van der Waals surface area contributed by atoms with Crippen molar-refractivity contribution in [1.82, 2.24) is 4.98 Å². The number of fused-ring (bicyclic) bond motifs is 1. The summed E-state index contributed by atoms with van der Waals surface area (Å²) in [7, 11) is 1.43. The molecule has 1 aromatic heterocycles. The third-order valence-electron chi connectivity index (χ3n) is 4.14. The van der Waals surface area contributed by atoms with Gasteiger partial charge in [0, 0.05) is 33.8 Å². The number of benzene rings is 2. The number of nitrogens with zero attached hydrogens (tertiary/aromatic N) is 2. The Morgan fingerprint density at radius 3 is 2.83 bits per heavy atom. The molecule has 0 unspecified atom stereocenters. The van der Waals surface area contributed by atoms with E-state index in [1.807, 2.05) is 24.3 Å². The molecule has 0 aliphatic heterocycles. The zero-order valence-corrected chi connectivity index (χ0v) is 17.4. The molecule has 3 rings (SSSR count). The number of oxime groups is 1. The van der Waals surface area contributed by atoms with E-state index in [0.29, 0.717) is 32.8 Å². The summed E-state index contributed by atoms with van der Waals surface area (Å²) in [6.45, 7) is 1.85. The van der Waals surface area contributed by atoms with Crippen molar-refractivity contribution in [2.75, 3.05) is 12.4 Å². The van der Waals surface area contributed by atoms with Gasteiger partial charge in [-0.15, -0.1) is 0 Å². The number of carbonyl (C=O) groups excluding carboxylic acids is 1. The molecule has 2 aromatic carbocycles. The zero-order chi connectivity index (χ0) is 20.8. The maximum Gasteiger partial charge on any atom is 0.230 e. The lowest BCUT2D eigenvalue weighted by molar-refractivity contribution is -0.115. The fourth-order valence-corrected chi connectivity index (χ4v) is 3.34. The van der Waals surface area contributed by atoms with Crippen molar-refractivity contribution in [1.29, 1.82) is 0 Å². The molecule has 0 radical (unpaired) electrons. The molecule has 0 atom stereocenters. The van der Waals surface area contributed by atoms with E-state index in [4.69, 9.17) is 27.9 Å². The van der Waals surface area contributed by atoms with Crippen LogP contribution in [0, 0.1) is 0 Å². The number of nitrogens with one attached hydrogen (secondary N) is 1. The highest BCUT2D eigenvalue weighted by Crippen LogP contribution is 2.34. The van der Waals surface area contributed by atoms with E-state index in [9.17, 15) is 4.79 Å². The third kappa shape index (κ3) is 5.16. The molecule has 0 saturated heterocycles. The molecule has 150 valence electrons. The van der Waals surface area contributed by atoms with Crippen LogP contribution in [0.2, 0.25) is 10.0 Å². The van der Waals surface area contributed by atoms with Crippen LogP contribution in [0.25, 0.3) is 10.8 Å². The van der Waals surface area contributed by atoms with Crippen LogP contribution in [-0.4, -0.2) is 23.7 Å². The number of carbonyl (C=O) groups is 1. The van der Waals surface area contributed by atoms with Crippen LogP contribution in [0.1, 0.15) is 18.9 Å². The van der Waals surface area contributed by atoms with Gasteiger partial charge in [-0.25, -0.2) is 0 Å². The lowest BCUT2D eigenvalue weighted by atomic mass is 10.1. The number of anilines is 1. The Kier molecular flexibility index (Phi) is 6.90. The van der Waals surface area contributed by atoms with Crippen molar-refractivity contribution in [3.05, 3.63) is 64.4 Å². The SMILES string of the molecule is CON=C(C)CC(=O)Nc1ccc(Cl)c(COc2cccc3cnccc23)c1Cl. The molecule has 0 aliphatic rings. The standard InChI is InChI=1S/C21H19Cl2N3O3/c1-13(26-28-2)10-20(27)25-18-7-6-17(22)16(21(18)23)12-29-19-5-3-4-14-11-24-9-8-15(14)19/h3-9,11H,10,12H2,1-2H3,(H,25,27). The fourth-order valence-electron chi connectivity index (χ4n) is 2.81. The maximum atomic E-state index is 12.2. The largest absolute Gasteiger partial charge is 0.488 e. The van der Waals surface area contributed by atoms with Gasteiger partial charge in [0.2, 0.25) is 5.91 Å². The molecule has 8 heteroatoms. The van der Waals surface area contributed by atoms with E-state index in [0.717, 1.165) is 10.8 Å². The fraction of sp³-hybridized carbons (Fsp3) is 0.190. The Balaban J connectivity index is 1.78. The first-order chi connectivity index (χ1) is 14.0. The predicted octanol–water partition coefficient (Wildman–Crippen LogP) is 5.47. The first kappa shape index (κ1) is 20.9. The molecule has 0 saturated carbocycles. The topological polar surface area (TPSA) is 72.8 Å². The van der Waals surface area contributed by atoms with Gasteiger partial charge < -0.3 is 14.9 Å². The monoisotopic (exact) mass is 431 g/mol. The number of rotatable bonds is 7. The van der Waals surface area contributed by atoms with Gasteiger partial charge in [0.25, 0.3) is 0 Å². The summed E-state index contributed by atoms with van der Waals surface area (Å²) in [6, 6.07) is 10.9. The molecule has 0 bridgehead atoms. The summed E-state index contributed by atoms with van der Waals surface area (Å²) < 4.78 is 5.98. The molecule has 0 fully saturated rings. The van der Waals surface area contributed by atoms with Crippen LogP contribution in [-0.2, 0) is 16.2 Å². The van der Waals surface area contributed by atoms with Gasteiger partial charge in [-0.2, -0.15) is 0 Å². The lowest BCUT2D eigenvalue weighted by Crippen LogP contribution is -2.16. The van der Waals surface area contributed by atoms with Gasteiger partial charge in [0.15, 0.2) is 0 Å². The second-order valence-corrected chi connectivity index (χ2v) is 7.05. The molecule has 6 nitrogen and oxygen atoms in total. The lowest BCUT2D eigenvalue weighted by Gasteiger charge is -2.14. The third-order valence-corrected chi connectivity index (χ3v) is 4.92. The minimum absolute atomic E-state index is 0.0860. The number of halogens is 2. The van der Waals surface area contributed by atoms with Gasteiger partial charge in [0.1, 0.15) is 19.5 Å².